The number of alkyl halides is 3. The summed E-state index contributed by atoms with van der Waals surface area (Å²) in [7, 11) is 0. The van der Waals surface area contributed by atoms with Gasteiger partial charge in [0.05, 0.1) is 0 Å². The van der Waals surface area contributed by atoms with Crippen LogP contribution in [0.2, 0.25) is 0 Å². The van der Waals surface area contributed by atoms with Crippen LogP contribution in [-0.4, -0.2) is 23.2 Å². The molecule has 3 amide bonds. The monoisotopic (exact) mass is 344 g/mol. The Morgan fingerprint density at radius 2 is 1.50 bits per heavy atom. The summed E-state index contributed by atoms with van der Waals surface area (Å²) in [4.78, 5) is 23.4. The van der Waals surface area contributed by atoms with Crippen molar-refractivity contribution in [3.8, 4) is 5.75 Å². The number of carbonyl (C=O) groups is 2. The van der Waals surface area contributed by atoms with Crippen molar-refractivity contribution in [2.24, 2.45) is 0 Å². The van der Waals surface area contributed by atoms with Crippen LogP contribution in [0.25, 0.3) is 0 Å². The van der Waals surface area contributed by atoms with Gasteiger partial charge in [-0.25, -0.2) is 4.79 Å². The van der Waals surface area contributed by atoms with Crippen molar-refractivity contribution in [2.45, 2.75) is 51.2 Å². The van der Waals surface area contributed by atoms with Crippen molar-refractivity contribution >= 4 is 11.9 Å². The SMILES string of the molecule is CC(C)c1cc(C2(C(F)(F)F)NC(=O)NC2=O)cc(C(C)C)c1O. The second-order valence-electron chi connectivity index (χ2n) is 6.47. The molecule has 1 aliphatic rings. The van der Waals surface area contributed by atoms with E-state index in [-0.39, 0.29) is 28.7 Å². The van der Waals surface area contributed by atoms with Crippen LogP contribution >= 0.6 is 0 Å². The summed E-state index contributed by atoms with van der Waals surface area (Å²) in [5.41, 5.74) is -3.00. The van der Waals surface area contributed by atoms with Gasteiger partial charge < -0.3 is 10.4 Å². The number of carbonyl (C=O) groups excluding carboxylic acids is 2. The van der Waals surface area contributed by atoms with Crippen LogP contribution in [0.3, 0.4) is 0 Å². The number of hydrogen-bond acceptors (Lipinski definition) is 3. The third-order valence-corrected chi connectivity index (χ3v) is 4.14. The molecule has 1 aromatic rings. The number of benzene rings is 1. The average molecular weight is 344 g/mol. The third-order valence-electron chi connectivity index (χ3n) is 4.14. The molecule has 2 rings (SSSR count). The van der Waals surface area contributed by atoms with Crippen LogP contribution < -0.4 is 10.6 Å². The number of urea groups is 1. The summed E-state index contributed by atoms with van der Waals surface area (Å²) in [6.45, 7) is 6.88. The lowest BCUT2D eigenvalue weighted by molar-refractivity contribution is -0.195. The molecule has 0 saturated carbocycles. The maximum Gasteiger partial charge on any atom is 0.425 e. The van der Waals surface area contributed by atoms with Crippen LogP contribution in [0.1, 0.15) is 56.2 Å². The molecule has 1 heterocycles. The summed E-state index contributed by atoms with van der Waals surface area (Å²) in [5, 5.41) is 13.7. The van der Waals surface area contributed by atoms with Gasteiger partial charge in [-0.3, -0.25) is 10.1 Å². The number of aromatic hydroxyl groups is 1. The molecule has 0 aromatic heterocycles. The zero-order valence-electron chi connectivity index (χ0n) is 13.7. The molecular formula is C16H19F3N2O3. The smallest absolute Gasteiger partial charge is 0.425 e. The highest BCUT2D eigenvalue weighted by molar-refractivity contribution is 6.08. The van der Waals surface area contributed by atoms with Crippen molar-refractivity contribution in [3.63, 3.8) is 0 Å². The Morgan fingerprint density at radius 3 is 1.79 bits per heavy atom. The summed E-state index contributed by atoms with van der Waals surface area (Å²) in [6.07, 6.45) is -5.04. The Hall–Kier alpha value is -2.25. The molecule has 1 aromatic carbocycles. The predicted octanol–water partition coefficient (Wildman–Crippen LogP) is 3.24. The Bertz CT molecular complexity index is 669. The molecule has 5 nitrogen and oxygen atoms in total. The van der Waals surface area contributed by atoms with Gasteiger partial charge in [-0.1, -0.05) is 27.7 Å². The Kier molecular flexibility index (Phi) is 4.28. The number of hydrogen-bond donors (Lipinski definition) is 3. The number of phenols is 1. The molecule has 132 valence electrons. The summed E-state index contributed by atoms with van der Waals surface area (Å²) >= 11 is 0. The van der Waals surface area contributed by atoms with E-state index in [1.54, 1.807) is 38.3 Å². The van der Waals surface area contributed by atoms with E-state index in [4.69, 9.17) is 0 Å². The van der Waals surface area contributed by atoms with Crippen molar-refractivity contribution in [3.05, 3.63) is 28.8 Å². The second-order valence-corrected chi connectivity index (χ2v) is 6.47. The van der Waals surface area contributed by atoms with Crippen molar-refractivity contribution < 1.29 is 27.9 Å². The first-order valence-electron chi connectivity index (χ1n) is 7.49. The van der Waals surface area contributed by atoms with E-state index >= 15 is 0 Å². The number of phenolic OH excluding ortho intramolecular Hbond substituents is 1. The highest BCUT2D eigenvalue weighted by Crippen LogP contribution is 2.45. The first-order chi connectivity index (χ1) is 10.9. The zero-order valence-corrected chi connectivity index (χ0v) is 13.7. The van der Waals surface area contributed by atoms with E-state index in [0.29, 0.717) is 0 Å². The topological polar surface area (TPSA) is 78.4 Å². The van der Waals surface area contributed by atoms with Crippen LogP contribution in [0.4, 0.5) is 18.0 Å². The lowest BCUT2D eigenvalue weighted by Crippen LogP contribution is -2.55. The molecule has 1 saturated heterocycles. The van der Waals surface area contributed by atoms with Crippen molar-refractivity contribution in [2.75, 3.05) is 0 Å². The molecule has 1 atom stereocenters. The first kappa shape index (κ1) is 18.1. The maximum absolute atomic E-state index is 13.8. The van der Waals surface area contributed by atoms with Crippen molar-refractivity contribution in [1.82, 2.24) is 10.6 Å². The van der Waals surface area contributed by atoms with E-state index in [1.165, 1.54) is 0 Å². The standard InChI is InChI=1S/C16H19F3N2O3/c1-7(2)10-5-9(6-11(8(3)4)12(10)22)15(16(17,18)19)13(23)20-14(24)21-15/h5-8,22H,1-4H3,(H2,20,21,23,24). The second kappa shape index (κ2) is 5.68. The molecule has 0 bridgehead atoms. The van der Waals surface area contributed by atoms with Gasteiger partial charge in [0.2, 0.25) is 5.54 Å². The molecular weight excluding hydrogens is 325 g/mol. The van der Waals surface area contributed by atoms with Gasteiger partial charge in [0.1, 0.15) is 5.75 Å². The summed E-state index contributed by atoms with van der Waals surface area (Å²) < 4.78 is 41.3. The van der Waals surface area contributed by atoms with Crippen molar-refractivity contribution in [1.29, 1.82) is 0 Å². The number of imide groups is 1. The lowest BCUT2D eigenvalue weighted by atomic mass is 9.83. The molecule has 24 heavy (non-hydrogen) atoms. The van der Waals surface area contributed by atoms with E-state index in [1.807, 2.05) is 0 Å². The quantitative estimate of drug-likeness (QED) is 0.737. The molecule has 0 radical (unpaired) electrons. The Morgan fingerprint density at radius 1 is 1.04 bits per heavy atom. The lowest BCUT2D eigenvalue weighted by Gasteiger charge is -2.31. The minimum atomic E-state index is -5.04. The number of halogens is 3. The predicted molar refractivity (Wildman–Crippen MR) is 80.7 cm³/mol. The van der Waals surface area contributed by atoms with Gasteiger partial charge in [0, 0.05) is 0 Å². The fraction of sp³-hybridized carbons (Fsp3) is 0.500. The third kappa shape index (κ3) is 2.59. The number of rotatable bonds is 3. The molecule has 8 heteroatoms. The minimum absolute atomic E-state index is 0.0918. The molecule has 0 aliphatic carbocycles. The Labute approximate surface area is 137 Å². The Balaban J connectivity index is 2.82. The number of amides is 3. The fourth-order valence-electron chi connectivity index (χ4n) is 2.80. The van der Waals surface area contributed by atoms with Gasteiger partial charge in [0.15, 0.2) is 0 Å². The molecule has 0 spiro atoms. The number of nitrogens with one attached hydrogen (secondary N) is 2. The zero-order chi connectivity index (χ0) is 18.4. The molecule has 1 aliphatic heterocycles. The van der Waals surface area contributed by atoms with Gasteiger partial charge in [0.25, 0.3) is 5.91 Å². The van der Waals surface area contributed by atoms with Crippen LogP contribution in [0.15, 0.2) is 12.1 Å². The average Bonchev–Trinajstić information content (AvgIpc) is 2.73. The molecule has 3 N–H and O–H groups in total. The summed E-state index contributed by atoms with van der Waals surface area (Å²) in [6, 6.07) is 1.05. The van der Waals surface area contributed by atoms with Gasteiger partial charge >= 0.3 is 12.2 Å². The van der Waals surface area contributed by atoms with Crippen LogP contribution in [0, 0.1) is 0 Å². The van der Waals surface area contributed by atoms with Crippen LogP contribution in [0.5, 0.6) is 5.75 Å². The normalized spacial score (nSPS) is 21.4. The van der Waals surface area contributed by atoms with Gasteiger partial charge in [-0.2, -0.15) is 13.2 Å². The van der Waals surface area contributed by atoms with E-state index in [9.17, 15) is 27.9 Å². The highest BCUT2D eigenvalue weighted by atomic mass is 19.4. The highest BCUT2D eigenvalue weighted by Gasteiger charge is 2.66. The van der Waals surface area contributed by atoms with Crippen LogP contribution in [-0.2, 0) is 10.3 Å². The minimum Gasteiger partial charge on any atom is -0.507 e. The van der Waals surface area contributed by atoms with E-state index < -0.39 is 29.2 Å². The van der Waals surface area contributed by atoms with E-state index in [2.05, 4.69) is 0 Å². The largest absolute Gasteiger partial charge is 0.507 e. The molecule has 1 fully saturated rings. The fourth-order valence-corrected chi connectivity index (χ4v) is 2.80. The van der Waals surface area contributed by atoms with Gasteiger partial charge in [-0.15, -0.1) is 0 Å². The maximum atomic E-state index is 13.8. The summed E-state index contributed by atoms with van der Waals surface area (Å²) in [5.74, 6) is -2.11. The van der Waals surface area contributed by atoms with E-state index in [0.717, 1.165) is 12.1 Å². The first-order valence-corrected chi connectivity index (χ1v) is 7.49. The molecule has 1 unspecified atom stereocenters. The van der Waals surface area contributed by atoms with Gasteiger partial charge in [-0.05, 0) is 40.7 Å².